The monoisotopic (exact) mass is 513 g/mol. The first-order valence-corrected chi connectivity index (χ1v) is 13.0. The minimum absolute atomic E-state index is 0.0780. The summed E-state index contributed by atoms with van der Waals surface area (Å²) in [5.74, 6) is -0.0865. The number of carbonyl (C=O) groups is 2. The van der Waals surface area contributed by atoms with Crippen molar-refractivity contribution in [2.24, 2.45) is 0 Å². The van der Waals surface area contributed by atoms with Crippen molar-refractivity contribution in [3.63, 3.8) is 0 Å². The second-order valence-electron chi connectivity index (χ2n) is 8.41. The zero-order valence-electron chi connectivity index (χ0n) is 20.3. The topological polar surface area (TPSA) is 76.1 Å². The third-order valence-electron chi connectivity index (χ3n) is 5.67. The number of carbonyl (C=O) groups excluding carboxylic acids is 1. The number of thioether (sulfide) groups is 1. The van der Waals surface area contributed by atoms with Gasteiger partial charge in [0, 0.05) is 0 Å². The minimum Gasteiger partial charge on any atom is -0.493 e. The number of nitrogens with zero attached hydrogens (tertiary/aromatic N) is 1. The molecule has 3 rings (SSSR count). The van der Waals surface area contributed by atoms with Crippen LogP contribution in [0.2, 0.25) is 0 Å². The molecule has 1 aliphatic rings. The highest BCUT2D eigenvalue weighted by atomic mass is 32.2. The Morgan fingerprint density at radius 1 is 1.14 bits per heavy atom. The number of benzene rings is 2. The van der Waals surface area contributed by atoms with E-state index in [1.54, 1.807) is 25.3 Å². The molecule has 1 amide bonds. The first-order chi connectivity index (χ1) is 16.8. The van der Waals surface area contributed by atoms with Gasteiger partial charge in [-0.2, -0.15) is 0 Å². The van der Waals surface area contributed by atoms with Crippen LogP contribution >= 0.6 is 24.0 Å². The van der Waals surface area contributed by atoms with E-state index in [0.717, 1.165) is 18.4 Å². The fraction of sp³-hybridized carbons (Fsp3) is 0.370. The van der Waals surface area contributed by atoms with E-state index in [1.807, 2.05) is 18.2 Å². The Hall–Kier alpha value is -2.84. The molecule has 0 spiro atoms. The zero-order chi connectivity index (χ0) is 25.4. The summed E-state index contributed by atoms with van der Waals surface area (Å²) < 4.78 is 12.0. The smallest absolute Gasteiger partial charge is 0.335 e. The highest BCUT2D eigenvalue weighted by Gasteiger charge is 2.33. The largest absolute Gasteiger partial charge is 0.493 e. The molecule has 0 radical (unpaired) electrons. The average Bonchev–Trinajstić information content (AvgIpc) is 3.12. The number of hydrogen-bond donors (Lipinski definition) is 1. The van der Waals surface area contributed by atoms with Crippen molar-refractivity contribution >= 4 is 51.9 Å². The molecular formula is C27H31NO5S2. The quantitative estimate of drug-likeness (QED) is 0.187. The fourth-order valence-corrected chi connectivity index (χ4v) is 5.10. The number of anilines is 1. The molecule has 8 heteroatoms. The van der Waals surface area contributed by atoms with E-state index in [9.17, 15) is 14.7 Å². The predicted molar refractivity (Wildman–Crippen MR) is 146 cm³/mol. The maximum Gasteiger partial charge on any atom is 0.335 e. The fourth-order valence-electron chi connectivity index (χ4n) is 3.80. The van der Waals surface area contributed by atoms with Crippen LogP contribution in [0.4, 0.5) is 5.69 Å². The van der Waals surface area contributed by atoms with Crippen LogP contribution in [0.1, 0.15) is 68.3 Å². The first-order valence-electron chi connectivity index (χ1n) is 11.8. The molecule has 0 saturated carbocycles. The predicted octanol–water partition coefficient (Wildman–Crippen LogP) is 6.93. The van der Waals surface area contributed by atoms with Gasteiger partial charge in [-0.05, 0) is 61.7 Å². The van der Waals surface area contributed by atoms with Crippen LogP contribution in [0.15, 0.2) is 47.4 Å². The Kier molecular flexibility index (Phi) is 9.74. The number of aromatic carboxylic acids is 1. The van der Waals surface area contributed by atoms with Crippen molar-refractivity contribution in [2.75, 3.05) is 12.0 Å². The minimum atomic E-state index is -1.06. The van der Waals surface area contributed by atoms with Crippen molar-refractivity contribution in [2.45, 2.75) is 58.5 Å². The van der Waals surface area contributed by atoms with Crippen molar-refractivity contribution < 1.29 is 24.2 Å². The Balaban J connectivity index is 1.71. The number of methoxy groups -OCH3 is 1. The lowest BCUT2D eigenvalue weighted by Crippen LogP contribution is -2.27. The lowest BCUT2D eigenvalue weighted by atomic mass is 10.1. The molecule has 2 aromatic rings. The number of rotatable bonds is 12. The van der Waals surface area contributed by atoms with Crippen LogP contribution in [0.3, 0.4) is 0 Å². The summed E-state index contributed by atoms with van der Waals surface area (Å²) in [5.41, 5.74) is 1.30. The number of ether oxygens (including phenoxy) is 2. The number of carboxylic acid groups (broad SMARTS) is 1. The molecule has 0 aromatic heterocycles. The molecule has 1 aliphatic heterocycles. The molecule has 1 atom stereocenters. The third-order valence-corrected chi connectivity index (χ3v) is 6.97. The highest BCUT2D eigenvalue weighted by Crippen LogP contribution is 2.37. The Labute approximate surface area is 216 Å². The summed E-state index contributed by atoms with van der Waals surface area (Å²) in [6.45, 7) is 4.28. The standard InChI is InChI=1S/C27H31NO5S2/c1-4-5-6-7-8-10-18(2)33-22-14-13-19(15-23(22)32-3)16-24-25(29)28(27(34)35-24)21-12-9-11-20(17-21)26(30)31/h9,11-18H,4-8,10H2,1-3H3,(H,30,31)/b24-16+. The van der Waals surface area contributed by atoms with Gasteiger partial charge in [-0.15, -0.1) is 0 Å². The molecule has 186 valence electrons. The van der Waals surface area contributed by atoms with Gasteiger partial charge in [0.05, 0.1) is 29.4 Å². The lowest BCUT2D eigenvalue weighted by Gasteiger charge is -2.17. The Bertz CT molecular complexity index is 1110. The van der Waals surface area contributed by atoms with Crippen molar-refractivity contribution in [1.29, 1.82) is 0 Å². The van der Waals surface area contributed by atoms with Gasteiger partial charge >= 0.3 is 5.97 Å². The van der Waals surface area contributed by atoms with E-state index in [-0.39, 0.29) is 17.6 Å². The summed E-state index contributed by atoms with van der Waals surface area (Å²) >= 11 is 6.59. The van der Waals surface area contributed by atoms with Crippen LogP contribution < -0.4 is 14.4 Å². The molecular weight excluding hydrogens is 482 g/mol. The number of unbranched alkanes of at least 4 members (excludes halogenated alkanes) is 4. The van der Waals surface area contributed by atoms with E-state index < -0.39 is 5.97 Å². The van der Waals surface area contributed by atoms with Gasteiger partial charge < -0.3 is 14.6 Å². The van der Waals surface area contributed by atoms with Crippen LogP contribution in [-0.4, -0.2) is 34.5 Å². The van der Waals surface area contributed by atoms with E-state index in [2.05, 4.69) is 13.8 Å². The molecule has 1 fully saturated rings. The molecule has 1 saturated heterocycles. The molecule has 2 aromatic carbocycles. The molecule has 1 unspecified atom stereocenters. The highest BCUT2D eigenvalue weighted by molar-refractivity contribution is 8.27. The number of amides is 1. The molecule has 0 bridgehead atoms. The number of thiocarbonyl (C=S) groups is 1. The summed E-state index contributed by atoms with van der Waals surface area (Å²) in [5, 5.41) is 9.26. The Morgan fingerprint density at radius 3 is 2.63 bits per heavy atom. The molecule has 35 heavy (non-hydrogen) atoms. The maximum atomic E-state index is 13.1. The molecule has 1 N–H and O–H groups in total. The van der Waals surface area contributed by atoms with E-state index in [1.165, 1.54) is 54.5 Å². The van der Waals surface area contributed by atoms with Crippen LogP contribution in [0.25, 0.3) is 6.08 Å². The molecule has 0 aliphatic carbocycles. The van der Waals surface area contributed by atoms with Crippen LogP contribution in [0, 0.1) is 0 Å². The number of hydrogen-bond acceptors (Lipinski definition) is 6. The van der Waals surface area contributed by atoms with E-state index in [0.29, 0.717) is 26.4 Å². The first kappa shape index (κ1) is 26.8. The van der Waals surface area contributed by atoms with Gasteiger partial charge in [0.15, 0.2) is 15.8 Å². The summed E-state index contributed by atoms with van der Waals surface area (Å²) in [6.07, 6.45) is 8.95. The SMILES string of the molecule is CCCCCCCC(C)Oc1ccc(/C=C2/SC(=S)N(c3cccc(C(=O)O)c3)C2=O)cc1OC. The second-order valence-corrected chi connectivity index (χ2v) is 10.1. The normalized spacial score (nSPS) is 15.5. The van der Waals surface area contributed by atoms with Gasteiger partial charge in [-0.25, -0.2) is 4.79 Å². The van der Waals surface area contributed by atoms with Gasteiger partial charge in [0.2, 0.25) is 0 Å². The van der Waals surface area contributed by atoms with Crippen LogP contribution in [-0.2, 0) is 4.79 Å². The third kappa shape index (κ3) is 7.08. The van der Waals surface area contributed by atoms with Gasteiger partial charge in [0.25, 0.3) is 5.91 Å². The summed E-state index contributed by atoms with van der Waals surface area (Å²) in [4.78, 5) is 26.2. The Morgan fingerprint density at radius 2 is 1.91 bits per heavy atom. The van der Waals surface area contributed by atoms with E-state index >= 15 is 0 Å². The molecule has 1 heterocycles. The zero-order valence-corrected chi connectivity index (χ0v) is 21.9. The summed E-state index contributed by atoms with van der Waals surface area (Å²) in [6, 6.07) is 11.7. The maximum absolute atomic E-state index is 13.1. The number of carboxylic acids is 1. The van der Waals surface area contributed by atoms with Gasteiger partial charge in [-0.3, -0.25) is 9.69 Å². The lowest BCUT2D eigenvalue weighted by molar-refractivity contribution is -0.113. The van der Waals surface area contributed by atoms with Gasteiger partial charge in [-0.1, -0.05) is 68.7 Å². The van der Waals surface area contributed by atoms with Crippen molar-refractivity contribution in [3.05, 3.63) is 58.5 Å². The van der Waals surface area contributed by atoms with E-state index in [4.69, 9.17) is 21.7 Å². The van der Waals surface area contributed by atoms with Gasteiger partial charge in [0.1, 0.15) is 0 Å². The average molecular weight is 514 g/mol. The summed E-state index contributed by atoms with van der Waals surface area (Å²) in [7, 11) is 1.59. The van der Waals surface area contributed by atoms with Crippen molar-refractivity contribution in [3.8, 4) is 11.5 Å². The van der Waals surface area contributed by atoms with Crippen molar-refractivity contribution in [1.82, 2.24) is 0 Å². The second kappa shape index (κ2) is 12.7. The van der Waals surface area contributed by atoms with Crippen LogP contribution in [0.5, 0.6) is 11.5 Å². The molecule has 6 nitrogen and oxygen atoms in total.